The normalized spacial score (nSPS) is 16.2. The molecular formula is C21H26N2O3S. The van der Waals surface area contributed by atoms with Crippen LogP contribution in [0.4, 0.5) is 0 Å². The molecule has 1 amide bonds. The Hall–Kier alpha value is -2.18. The van der Waals surface area contributed by atoms with Crippen LogP contribution in [0.2, 0.25) is 0 Å². The fourth-order valence-corrected chi connectivity index (χ4v) is 5.10. The van der Waals surface area contributed by atoms with E-state index in [0.717, 1.165) is 18.4 Å². The quantitative estimate of drug-likeness (QED) is 0.828. The van der Waals surface area contributed by atoms with Crippen molar-refractivity contribution in [3.63, 3.8) is 0 Å². The largest absolute Gasteiger partial charge is 0.351 e. The smallest absolute Gasteiger partial charge is 0.251 e. The number of benzene rings is 2. The Bertz CT molecular complexity index is 904. The molecule has 1 atom stereocenters. The maximum atomic E-state index is 12.9. The first-order chi connectivity index (χ1) is 12.9. The highest BCUT2D eigenvalue weighted by Gasteiger charge is 2.29. The van der Waals surface area contributed by atoms with Crippen molar-refractivity contribution in [3.8, 4) is 0 Å². The number of amides is 1. The first kappa shape index (κ1) is 19.6. The van der Waals surface area contributed by atoms with E-state index >= 15 is 0 Å². The van der Waals surface area contributed by atoms with Crippen LogP contribution in [-0.2, 0) is 10.0 Å². The summed E-state index contributed by atoms with van der Waals surface area (Å²) in [7, 11) is -3.55. The number of sulfonamides is 1. The monoisotopic (exact) mass is 386 g/mol. The molecular weight excluding hydrogens is 360 g/mol. The molecule has 1 aliphatic rings. The standard InChI is InChI=1S/C21H26N2O3S/c1-16-10-11-19(14-20(16)27(25,26)23-12-6-7-13-23)21(24)22-15-17(2)18-8-4-3-5-9-18/h3-5,8-11,14,17H,6-7,12-13,15H2,1-2H3,(H,22,24)/t17-/m1/s1. The van der Waals surface area contributed by atoms with Crippen molar-refractivity contribution in [2.24, 2.45) is 0 Å². The first-order valence-corrected chi connectivity index (χ1v) is 10.8. The summed E-state index contributed by atoms with van der Waals surface area (Å²) < 4.78 is 27.3. The number of hydrogen-bond acceptors (Lipinski definition) is 3. The molecule has 0 aromatic heterocycles. The molecule has 0 bridgehead atoms. The lowest BCUT2D eigenvalue weighted by Crippen LogP contribution is -2.30. The second-order valence-corrected chi connectivity index (χ2v) is 9.02. The maximum absolute atomic E-state index is 12.9. The molecule has 0 aliphatic carbocycles. The molecule has 1 heterocycles. The minimum Gasteiger partial charge on any atom is -0.351 e. The van der Waals surface area contributed by atoms with Gasteiger partial charge in [-0.2, -0.15) is 4.31 Å². The van der Waals surface area contributed by atoms with Crippen molar-refractivity contribution in [1.82, 2.24) is 9.62 Å². The van der Waals surface area contributed by atoms with E-state index in [0.29, 0.717) is 30.8 Å². The van der Waals surface area contributed by atoms with Crippen molar-refractivity contribution in [2.75, 3.05) is 19.6 Å². The molecule has 0 spiro atoms. The van der Waals surface area contributed by atoms with E-state index in [2.05, 4.69) is 5.32 Å². The summed E-state index contributed by atoms with van der Waals surface area (Å²) in [4.78, 5) is 12.8. The van der Waals surface area contributed by atoms with Crippen LogP contribution in [0.5, 0.6) is 0 Å². The van der Waals surface area contributed by atoms with E-state index in [4.69, 9.17) is 0 Å². The van der Waals surface area contributed by atoms with Crippen molar-refractivity contribution >= 4 is 15.9 Å². The minimum atomic E-state index is -3.55. The van der Waals surface area contributed by atoms with Gasteiger partial charge in [-0.25, -0.2) is 8.42 Å². The highest BCUT2D eigenvalue weighted by molar-refractivity contribution is 7.89. The van der Waals surface area contributed by atoms with Crippen LogP contribution >= 0.6 is 0 Å². The van der Waals surface area contributed by atoms with Gasteiger partial charge in [0.05, 0.1) is 4.90 Å². The van der Waals surface area contributed by atoms with Gasteiger partial charge in [0.25, 0.3) is 5.91 Å². The Labute approximate surface area is 161 Å². The molecule has 2 aromatic rings. The molecule has 0 radical (unpaired) electrons. The van der Waals surface area contributed by atoms with E-state index in [9.17, 15) is 13.2 Å². The Morgan fingerprint density at radius 3 is 2.44 bits per heavy atom. The van der Waals surface area contributed by atoms with Gasteiger partial charge in [-0.1, -0.05) is 43.3 Å². The molecule has 1 saturated heterocycles. The lowest BCUT2D eigenvalue weighted by Gasteiger charge is -2.18. The lowest BCUT2D eigenvalue weighted by molar-refractivity contribution is 0.0951. The van der Waals surface area contributed by atoms with Crippen molar-refractivity contribution in [1.29, 1.82) is 0 Å². The third kappa shape index (κ3) is 4.39. The molecule has 1 aliphatic heterocycles. The van der Waals surface area contributed by atoms with Crippen LogP contribution < -0.4 is 5.32 Å². The fraction of sp³-hybridized carbons (Fsp3) is 0.381. The topological polar surface area (TPSA) is 66.5 Å². The van der Waals surface area contributed by atoms with Crippen molar-refractivity contribution in [3.05, 3.63) is 65.2 Å². The van der Waals surface area contributed by atoms with Gasteiger partial charge in [-0.05, 0) is 48.9 Å². The Balaban J connectivity index is 1.74. The maximum Gasteiger partial charge on any atom is 0.251 e. The van der Waals surface area contributed by atoms with Gasteiger partial charge in [0.2, 0.25) is 10.0 Å². The second-order valence-electron chi connectivity index (χ2n) is 7.11. The van der Waals surface area contributed by atoms with E-state index in [1.807, 2.05) is 37.3 Å². The number of aryl methyl sites for hydroxylation is 1. The van der Waals surface area contributed by atoms with E-state index in [1.165, 1.54) is 10.4 Å². The lowest BCUT2D eigenvalue weighted by atomic mass is 10.0. The van der Waals surface area contributed by atoms with Crippen LogP contribution in [0, 0.1) is 6.92 Å². The molecule has 5 nitrogen and oxygen atoms in total. The third-order valence-electron chi connectivity index (χ3n) is 5.07. The fourth-order valence-electron chi connectivity index (χ4n) is 3.33. The Morgan fingerprint density at radius 2 is 1.78 bits per heavy atom. The predicted molar refractivity (Wildman–Crippen MR) is 106 cm³/mol. The van der Waals surface area contributed by atoms with Crippen molar-refractivity contribution in [2.45, 2.75) is 37.5 Å². The molecule has 144 valence electrons. The summed E-state index contributed by atoms with van der Waals surface area (Å²) in [5.74, 6) is -0.0796. The summed E-state index contributed by atoms with van der Waals surface area (Å²) in [5, 5.41) is 2.92. The zero-order valence-electron chi connectivity index (χ0n) is 15.8. The van der Waals surface area contributed by atoms with E-state index < -0.39 is 10.0 Å². The van der Waals surface area contributed by atoms with Gasteiger partial charge in [-0.3, -0.25) is 4.79 Å². The van der Waals surface area contributed by atoms with Crippen LogP contribution in [0.25, 0.3) is 0 Å². The molecule has 1 fully saturated rings. The van der Waals surface area contributed by atoms with Crippen LogP contribution in [0.15, 0.2) is 53.4 Å². The summed E-state index contributed by atoms with van der Waals surface area (Å²) in [6, 6.07) is 14.9. The zero-order valence-corrected chi connectivity index (χ0v) is 16.6. The average Bonchev–Trinajstić information content (AvgIpc) is 3.22. The Morgan fingerprint density at radius 1 is 1.11 bits per heavy atom. The molecule has 0 saturated carbocycles. The van der Waals surface area contributed by atoms with E-state index in [1.54, 1.807) is 19.1 Å². The SMILES string of the molecule is Cc1ccc(C(=O)NC[C@@H](C)c2ccccc2)cc1S(=O)(=O)N1CCCC1. The zero-order chi connectivity index (χ0) is 19.4. The minimum absolute atomic E-state index is 0.174. The van der Waals surface area contributed by atoms with Gasteiger partial charge >= 0.3 is 0 Å². The molecule has 1 N–H and O–H groups in total. The number of rotatable bonds is 6. The van der Waals surface area contributed by atoms with Gasteiger partial charge < -0.3 is 5.32 Å². The van der Waals surface area contributed by atoms with Gasteiger partial charge in [-0.15, -0.1) is 0 Å². The molecule has 2 aromatic carbocycles. The van der Waals surface area contributed by atoms with Gasteiger partial charge in [0.1, 0.15) is 0 Å². The van der Waals surface area contributed by atoms with Gasteiger partial charge in [0, 0.05) is 25.2 Å². The highest BCUT2D eigenvalue weighted by atomic mass is 32.2. The molecule has 27 heavy (non-hydrogen) atoms. The third-order valence-corrected chi connectivity index (χ3v) is 7.11. The number of nitrogens with one attached hydrogen (secondary N) is 1. The Kier molecular flexibility index (Phi) is 5.97. The second kappa shape index (κ2) is 8.23. The number of carbonyl (C=O) groups is 1. The number of carbonyl (C=O) groups excluding carboxylic acids is 1. The number of nitrogens with zero attached hydrogens (tertiary/aromatic N) is 1. The summed E-state index contributed by atoms with van der Waals surface area (Å²) in [6.07, 6.45) is 1.77. The first-order valence-electron chi connectivity index (χ1n) is 9.33. The van der Waals surface area contributed by atoms with Crippen molar-refractivity contribution < 1.29 is 13.2 Å². The van der Waals surface area contributed by atoms with Crippen LogP contribution in [0.3, 0.4) is 0 Å². The van der Waals surface area contributed by atoms with E-state index in [-0.39, 0.29) is 16.7 Å². The van der Waals surface area contributed by atoms with Gasteiger partial charge in [0.15, 0.2) is 0 Å². The predicted octanol–water partition coefficient (Wildman–Crippen LogP) is 3.31. The van der Waals surface area contributed by atoms with Crippen LogP contribution in [-0.4, -0.2) is 38.3 Å². The molecule has 6 heteroatoms. The summed E-state index contributed by atoms with van der Waals surface area (Å²) in [5.41, 5.74) is 2.19. The summed E-state index contributed by atoms with van der Waals surface area (Å²) in [6.45, 7) is 5.40. The van der Waals surface area contributed by atoms with Crippen LogP contribution in [0.1, 0.15) is 47.2 Å². The molecule has 3 rings (SSSR count). The number of hydrogen-bond donors (Lipinski definition) is 1. The summed E-state index contributed by atoms with van der Waals surface area (Å²) >= 11 is 0. The molecule has 0 unspecified atom stereocenters. The average molecular weight is 387 g/mol. The highest BCUT2D eigenvalue weighted by Crippen LogP contribution is 2.24.